The maximum absolute atomic E-state index is 14.4. The molecular formula is C18H22ClF4N2O-. The van der Waals surface area contributed by atoms with Crippen LogP contribution in [0, 0.1) is 23.3 Å². The van der Waals surface area contributed by atoms with Crippen LogP contribution in [0.5, 0.6) is 0 Å². The largest absolute Gasteiger partial charge is 1.00 e. The van der Waals surface area contributed by atoms with Crippen LogP contribution in [-0.4, -0.2) is 50.8 Å². The summed E-state index contributed by atoms with van der Waals surface area (Å²) in [4.78, 5) is 3.42. The van der Waals surface area contributed by atoms with Gasteiger partial charge in [-0.2, -0.15) is 0 Å². The van der Waals surface area contributed by atoms with Gasteiger partial charge in [0.25, 0.3) is 0 Å². The first-order chi connectivity index (χ1) is 12.1. The summed E-state index contributed by atoms with van der Waals surface area (Å²) in [7, 11) is 0. The molecule has 0 saturated carbocycles. The van der Waals surface area contributed by atoms with Crippen molar-refractivity contribution in [3.63, 3.8) is 0 Å². The molecule has 0 aliphatic carbocycles. The minimum Gasteiger partial charge on any atom is -1.00 e. The van der Waals surface area contributed by atoms with Crippen LogP contribution in [0.2, 0.25) is 0 Å². The minimum atomic E-state index is -1.34. The van der Waals surface area contributed by atoms with Gasteiger partial charge in [0.2, 0.25) is 0 Å². The number of rotatable bonds is 4. The highest BCUT2D eigenvalue weighted by Crippen LogP contribution is 2.33. The molecule has 2 aliphatic rings. The molecule has 0 unspecified atom stereocenters. The molecule has 2 fully saturated rings. The zero-order chi connectivity index (χ0) is 17.8. The molecule has 0 spiro atoms. The number of nitrogens with zero attached hydrogens (tertiary/aromatic N) is 2. The second-order valence-corrected chi connectivity index (χ2v) is 6.38. The molecule has 3 rings (SSSR count). The highest BCUT2D eigenvalue weighted by Gasteiger charge is 2.28. The molecule has 146 valence electrons. The first kappa shape index (κ1) is 21.0. The molecule has 0 amide bonds. The maximum atomic E-state index is 14.4. The van der Waals surface area contributed by atoms with E-state index in [0.29, 0.717) is 45.9 Å². The van der Waals surface area contributed by atoms with Crippen LogP contribution in [0.15, 0.2) is 6.08 Å². The summed E-state index contributed by atoms with van der Waals surface area (Å²) >= 11 is 0. The van der Waals surface area contributed by atoms with Crippen molar-refractivity contribution >= 4 is 11.8 Å². The van der Waals surface area contributed by atoms with Gasteiger partial charge in [0.05, 0.1) is 18.8 Å². The first-order valence-corrected chi connectivity index (χ1v) is 8.67. The fourth-order valence-electron chi connectivity index (χ4n) is 3.28. The quantitative estimate of drug-likeness (QED) is 0.550. The van der Waals surface area contributed by atoms with Crippen LogP contribution in [0.25, 0.3) is 6.08 Å². The van der Waals surface area contributed by atoms with Crippen molar-refractivity contribution in [3.8, 4) is 0 Å². The monoisotopic (exact) mass is 393 g/mol. The van der Waals surface area contributed by atoms with Crippen LogP contribution >= 0.6 is 0 Å². The van der Waals surface area contributed by atoms with Gasteiger partial charge in [-0.3, -0.25) is 4.90 Å². The summed E-state index contributed by atoms with van der Waals surface area (Å²) in [5.41, 5.74) is -1.25. The van der Waals surface area contributed by atoms with Crippen molar-refractivity contribution in [2.24, 2.45) is 0 Å². The summed E-state index contributed by atoms with van der Waals surface area (Å²) in [6, 6.07) is 0. The lowest BCUT2D eigenvalue weighted by Gasteiger charge is -2.29. The average molecular weight is 394 g/mol. The second-order valence-electron chi connectivity index (χ2n) is 6.38. The molecule has 2 heterocycles. The maximum Gasteiger partial charge on any atom is 0.185 e. The average Bonchev–Trinajstić information content (AvgIpc) is 2.65. The zero-order valence-corrected chi connectivity index (χ0v) is 15.2. The van der Waals surface area contributed by atoms with Crippen molar-refractivity contribution in [2.45, 2.75) is 19.3 Å². The molecule has 0 aromatic heterocycles. The van der Waals surface area contributed by atoms with Crippen molar-refractivity contribution in [1.82, 2.24) is 4.90 Å². The molecule has 2 saturated heterocycles. The van der Waals surface area contributed by atoms with Gasteiger partial charge in [0.1, 0.15) is 5.69 Å². The summed E-state index contributed by atoms with van der Waals surface area (Å²) in [6.07, 6.45) is 5.10. The van der Waals surface area contributed by atoms with Crippen molar-refractivity contribution in [2.75, 3.05) is 50.8 Å². The van der Waals surface area contributed by atoms with Gasteiger partial charge in [-0.25, -0.2) is 17.6 Å². The summed E-state index contributed by atoms with van der Waals surface area (Å²) < 4.78 is 62.6. The summed E-state index contributed by atoms with van der Waals surface area (Å²) in [6.45, 7) is 3.88. The van der Waals surface area contributed by atoms with E-state index in [1.807, 2.05) is 4.90 Å². The highest BCUT2D eigenvalue weighted by molar-refractivity contribution is 5.60. The van der Waals surface area contributed by atoms with Crippen molar-refractivity contribution < 1.29 is 34.7 Å². The van der Waals surface area contributed by atoms with E-state index in [4.69, 9.17) is 4.74 Å². The molecule has 8 heteroatoms. The smallest absolute Gasteiger partial charge is 0.185 e. The van der Waals surface area contributed by atoms with Gasteiger partial charge < -0.3 is 22.0 Å². The predicted octanol–water partition coefficient (Wildman–Crippen LogP) is 0.583. The van der Waals surface area contributed by atoms with E-state index in [1.54, 1.807) is 0 Å². The van der Waals surface area contributed by atoms with Gasteiger partial charge in [-0.05, 0) is 19.3 Å². The Morgan fingerprint density at radius 3 is 1.96 bits per heavy atom. The zero-order valence-electron chi connectivity index (χ0n) is 14.4. The van der Waals surface area contributed by atoms with Crippen molar-refractivity contribution in [1.29, 1.82) is 0 Å². The number of halogens is 5. The fourth-order valence-corrected chi connectivity index (χ4v) is 3.28. The van der Waals surface area contributed by atoms with E-state index >= 15 is 0 Å². The van der Waals surface area contributed by atoms with Gasteiger partial charge in [-0.1, -0.05) is 12.2 Å². The molecule has 0 radical (unpaired) electrons. The molecule has 26 heavy (non-hydrogen) atoms. The molecule has 2 aliphatic heterocycles. The SMILES string of the molecule is Fc1c(F)c(N2CCCCC2)c(F)c(F)c1/C=C/CN1CCOCC1.[Cl-]. The third-order valence-electron chi connectivity index (χ3n) is 4.70. The molecule has 3 nitrogen and oxygen atoms in total. The number of ether oxygens (including phenoxy) is 1. The molecule has 0 atom stereocenters. The van der Waals surface area contributed by atoms with E-state index in [0.717, 1.165) is 25.3 Å². The van der Waals surface area contributed by atoms with Crippen LogP contribution in [0.1, 0.15) is 24.8 Å². The minimum absolute atomic E-state index is 0. The lowest BCUT2D eigenvalue weighted by molar-refractivity contribution is -0.00000855. The summed E-state index contributed by atoms with van der Waals surface area (Å²) in [5.74, 6) is -5.30. The van der Waals surface area contributed by atoms with E-state index < -0.39 is 34.5 Å². The number of benzene rings is 1. The Morgan fingerprint density at radius 2 is 1.38 bits per heavy atom. The third-order valence-corrected chi connectivity index (χ3v) is 4.70. The number of anilines is 1. The lowest BCUT2D eigenvalue weighted by Crippen LogP contribution is -3.00. The fraction of sp³-hybridized carbons (Fsp3) is 0.556. The van der Waals surface area contributed by atoms with E-state index in [-0.39, 0.29) is 12.4 Å². The van der Waals surface area contributed by atoms with E-state index in [1.165, 1.54) is 11.0 Å². The number of piperidine rings is 1. The molecular weight excluding hydrogens is 372 g/mol. The van der Waals surface area contributed by atoms with E-state index in [9.17, 15) is 17.6 Å². The number of morpholine rings is 1. The molecule has 1 aromatic carbocycles. The number of hydrogen-bond donors (Lipinski definition) is 0. The highest BCUT2D eigenvalue weighted by atomic mass is 35.5. The normalized spacial score (nSPS) is 19.0. The van der Waals surface area contributed by atoms with Gasteiger partial charge in [0, 0.05) is 32.7 Å². The van der Waals surface area contributed by atoms with E-state index in [2.05, 4.69) is 0 Å². The van der Waals surface area contributed by atoms with Crippen molar-refractivity contribution in [3.05, 3.63) is 34.9 Å². The first-order valence-electron chi connectivity index (χ1n) is 8.67. The topological polar surface area (TPSA) is 15.7 Å². The molecule has 1 aromatic rings. The second kappa shape index (κ2) is 9.58. The Bertz CT molecular complexity index is 616. The van der Waals surface area contributed by atoms with Crippen LogP contribution in [-0.2, 0) is 4.74 Å². The van der Waals surface area contributed by atoms with Crippen LogP contribution in [0.3, 0.4) is 0 Å². The Hall–Kier alpha value is -1.31. The van der Waals surface area contributed by atoms with Gasteiger partial charge in [-0.15, -0.1) is 0 Å². The van der Waals surface area contributed by atoms with Gasteiger partial charge in [0.15, 0.2) is 23.3 Å². The Morgan fingerprint density at radius 1 is 0.808 bits per heavy atom. The van der Waals surface area contributed by atoms with Crippen LogP contribution in [0.4, 0.5) is 23.2 Å². The lowest BCUT2D eigenvalue weighted by atomic mass is 10.1. The Kier molecular flexibility index (Phi) is 7.73. The molecule has 0 N–H and O–H groups in total. The summed E-state index contributed by atoms with van der Waals surface area (Å²) in [5, 5.41) is 0. The standard InChI is InChI=1S/C18H22F4N2O.ClH/c19-14-13(5-4-6-23-9-11-25-12-10-23)15(20)17(22)18(16(14)21)24-7-2-1-3-8-24;/h4-5H,1-3,6-12H2;1H/p-1/b5-4+;. The number of hydrogen-bond acceptors (Lipinski definition) is 3. The van der Waals surface area contributed by atoms with Crippen LogP contribution < -0.4 is 17.3 Å². The van der Waals surface area contributed by atoms with Gasteiger partial charge >= 0.3 is 0 Å². The Balaban J connectivity index is 0.00000243. The Labute approximate surface area is 157 Å². The predicted molar refractivity (Wildman–Crippen MR) is 88.6 cm³/mol. The molecule has 0 bridgehead atoms. The third kappa shape index (κ3) is 4.50.